The fourth-order valence-electron chi connectivity index (χ4n) is 2.55. The molecule has 0 radical (unpaired) electrons. The zero-order chi connectivity index (χ0) is 12.7. The van der Waals surface area contributed by atoms with E-state index in [1.807, 2.05) is 0 Å². The third-order valence-electron chi connectivity index (χ3n) is 3.43. The first-order valence-electron chi connectivity index (χ1n) is 5.54. The summed E-state index contributed by atoms with van der Waals surface area (Å²) in [6.07, 6.45) is -2.91. The average molecular weight is 269 g/mol. The molecule has 1 saturated carbocycles. The molecule has 3 nitrogen and oxygen atoms in total. The molecule has 2 N–H and O–H groups in total. The second-order valence-corrected chi connectivity index (χ2v) is 6.08. The van der Waals surface area contributed by atoms with Gasteiger partial charge in [-0.05, 0) is 19.3 Å². The van der Waals surface area contributed by atoms with E-state index in [4.69, 9.17) is 5.11 Å². The van der Waals surface area contributed by atoms with Crippen LogP contribution in [0, 0.1) is 5.92 Å². The molecule has 1 aliphatic heterocycles. The fraction of sp³-hybridized carbons (Fsp3) is 0.900. The summed E-state index contributed by atoms with van der Waals surface area (Å²) < 4.78 is 38.0. The van der Waals surface area contributed by atoms with Crippen LogP contribution >= 0.6 is 11.8 Å². The third-order valence-corrected chi connectivity index (χ3v) is 4.98. The number of halogens is 3. The lowest BCUT2D eigenvalue weighted by molar-refractivity contribution is -0.184. The molecule has 3 atom stereocenters. The highest BCUT2D eigenvalue weighted by Crippen LogP contribution is 2.48. The number of carboxylic acids is 1. The second kappa shape index (κ2) is 4.35. The zero-order valence-corrected chi connectivity index (χ0v) is 9.90. The van der Waals surface area contributed by atoms with Crippen LogP contribution < -0.4 is 5.32 Å². The summed E-state index contributed by atoms with van der Waals surface area (Å²) in [5, 5.41) is 11.7. The minimum Gasteiger partial charge on any atom is -0.480 e. The monoisotopic (exact) mass is 269 g/mol. The lowest BCUT2D eigenvalue weighted by Gasteiger charge is -2.38. The van der Waals surface area contributed by atoms with E-state index in [9.17, 15) is 18.0 Å². The van der Waals surface area contributed by atoms with Gasteiger partial charge in [0.05, 0.1) is 10.8 Å². The van der Waals surface area contributed by atoms with Gasteiger partial charge in [-0.3, -0.25) is 10.1 Å². The molecule has 2 fully saturated rings. The van der Waals surface area contributed by atoms with Gasteiger partial charge >= 0.3 is 12.1 Å². The highest BCUT2D eigenvalue weighted by atomic mass is 32.2. The van der Waals surface area contributed by atoms with Gasteiger partial charge in [-0.1, -0.05) is 6.42 Å². The van der Waals surface area contributed by atoms with Crippen molar-refractivity contribution < 1.29 is 23.1 Å². The molecular formula is C10H14F3NO2S. The lowest BCUT2D eigenvalue weighted by Crippen LogP contribution is -2.49. The van der Waals surface area contributed by atoms with Crippen molar-refractivity contribution in [1.82, 2.24) is 5.32 Å². The van der Waals surface area contributed by atoms with Crippen molar-refractivity contribution in [3.8, 4) is 0 Å². The molecule has 0 aromatic heterocycles. The van der Waals surface area contributed by atoms with Gasteiger partial charge in [0.15, 0.2) is 0 Å². The van der Waals surface area contributed by atoms with Crippen molar-refractivity contribution in [2.24, 2.45) is 5.92 Å². The summed E-state index contributed by atoms with van der Waals surface area (Å²) in [5.74, 6) is -1.94. The summed E-state index contributed by atoms with van der Waals surface area (Å²) in [7, 11) is 0. The number of rotatable bonds is 1. The first-order chi connectivity index (χ1) is 7.82. The van der Waals surface area contributed by atoms with Crippen LogP contribution in [-0.2, 0) is 4.79 Å². The summed E-state index contributed by atoms with van der Waals surface area (Å²) >= 11 is 1.33. The van der Waals surface area contributed by atoms with Crippen molar-refractivity contribution in [1.29, 1.82) is 0 Å². The van der Waals surface area contributed by atoms with Gasteiger partial charge in [0.1, 0.15) is 6.04 Å². The Morgan fingerprint density at radius 1 is 1.47 bits per heavy atom. The van der Waals surface area contributed by atoms with Gasteiger partial charge < -0.3 is 5.11 Å². The summed E-state index contributed by atoms with van der Waals surface area (Å²) in [5.41, 5.74) is 0. The number of aliphatic carboxylic acids is 1. The van der Waals surface area contributed by atoms with Crippen molar-refractivity contribution in [2.75, 3.05) is 5.75 Å². The summed E-state index contributed by atoms with van der Waals surface area (Å²) in [6.45, 7) is 0. The fourth-order valence-corrected chi connectivity index (χ4v) is 4.10. The SMILES string of the molecule is O=C(O)[C@H]1CSC2(CCCC(C(F)(F)F)C2)N1. The predicted octanol–water partition coefficient (Wildman–Crippen LogP) is 2.22. The second-order valence-electron chi connectivity index (χ2n) is 4.68. The van der Waals surface area contributed by atoms with Gasteiger partial charge in [-0.2, -0.15) is 13.2 Å². The van der Waals surface area contributed by atoms with E-state index in [1.54, 1.807) is 0 Å². The van der Waals surface area contributed by atoms with Crippen LogP contribution in [0.3, 0.4) is 0 Å². The highest BCUT2D eigenvalue weighted by molar-refractivity contribution is 8.00. The van der Waals surface area contributed by atoms with Crippen LogP contribution in [0.25, 0.3) is 0 Å². The molecule has 2 rings (SSSR count). The first-order valence-corrected chi connectivity index (χ1v) is 6.52. The molecule has 2 unspecified atom stereocenters. The van der Waals surface area contributed by atoms with Gasteiger partial charge in [-0.25, -0.2) is 0 Å². The van der Waals surface area contributed by atoms with Crippen LogP contribution in [-0.4, -0.2) is 33.9 Å². The maximum atomic E-state index is 12.7. The Labute approximate surface area is 101 Å². The molecule has 7 heteroatoms. The minimum absolute atomic E-state index is 0.00898. The quantitative estimate of drug-likeness (QED) is 0.766. The smallest absolute Gasteiger partial charge is 0.391 e. The van der Waals surface area contributed by atoms with E-state index in [0.717, 1.165) is 0 Å². The molecular weight excluding hydrogens is 255 g/mol. The first kappa shape index (κ1) is 13.0. The van der Waals surface area contributed by atoms with E-state index < -0.39 is 29.0 Å². The number of carbonyl (C=O) groups is 1. The molecule has 1 heterocycles. The van der Waals surface area contributed by atoms with E-state index in [-0.39, 0.29) is 12.8 Å². The van der Waals surface area contributed by atoms with Gasteiger partial charge in [0, 0.05) is 5.75 Å². The normalized spacial score (nSPS) is 38.5. The molecule has 0 aromatic rings. The van der Waals surface area contributed by atoms with Crippen LogP contribution in [0.2, 0.25) is 0 Å². The van der Waals surface area contributed by atoms with Gasteiger partial charge in [0.2, 0.25) is 0 Å². The molecule has 0 amide bonds. The molecule has 1 saturated heterocycles. The molecule has 0 bridgehead atoms. The Bertz CT molecular complexity index is 323. The highest BCUT2D eigenvalue weighted by Gasteiger charge is 2.51. The molecule has 98 valence electrons. The van der Waals surface area contributed by atoms with Crippen LogP contribution in [0.5, 0.6) is 0 Å². The Kier molecular flexibility index (Phi) is 3.33. The van der Waals surface area contributed by atoms with Gasteiger partial charge in [0.25, 0.3) is 0 Å². The number of alkyl halides is 3. The van der Waals surface area contributed by atoms with Crippen LogP contribution in [0.4, 0.5) is 13.2 Å². The number of thioether (sulfide) groups is 1. The summed E-state index contributed by atoms with van der Waals surface area (Å²) in [6, 6.07) is -0.716. The topological polar surface area (TPSA) is 49.3 Å². The minimum atomic E-state index is -4.17. The largest absolute Gasteiger partial charge is 0.480 e. The van der Waals surface area contributed by atoms with Crippen molar-refractivity contribution in [3.63, 3.8) is 0 Å². The van der Waals surface area contributed by atoms with Crippen molar-refractivity contribution in [2.45, 2.75) is 42.8 Å². The Balaban J connectivity index is 2.05. The number of hydrogen-bond donors (Lipinski definition) is 2. The van der Waals surface area contributed by atoms with Crippen LogP contribution in [0.1, 0.15) is 25.7 Å². The Morgan fingerprint density at radius 3 is 2.71 bits per heavy atom. The lowest BCUT2D eigenvalue weighted by atomic mass is 9.84. The zero-order valence-electron chi connectivity index (χ0n) is 9.09. The maximum absolute atomic E-state index is 12.7. The standard InChI is InChI=1S/C10H14F3NO2S/c11-10(12,13)6-2-1-3-9(4-6)14-7(5-17-9)8(15)16/h6-7,14H,1-5H2,(H,15,16)/t6?,7-,9?/m1/s1. The van der Waals surface area contributed by atoms with E-state index in [1.165, 1.54) is 11.8 Å². The maximum Gasteiger partial charge on any atom is 0.391 e. The number of nitrogens with one attached hydrogen (secondary N) is 1. The van der Waals surface area contributed by atoms with Crippen LogP contribution in [0.15, 0.2) is 0 Å². The third kappa shape index (κ3) is 2.70. The molecule has 1 spiro atoms. The van der Waals surface area contributed by atoms with Gasteiger partial charge in [-0.15, -0.1) is 11.8 Å². The van der Waals surface area contributed by atoms with Crippen molar-refractivity contribution >= 4 is 17.7 Å². The summed E-state index contributed by atoms with van der Waals surface area (Å²) in [4.78, 5) is 10.1. The molecule has 17 heavy (non-hydrogen) atoms. The van der Waals surface area contributed by atoms with E-state index in [0.29, 0.717) is 18.6 Å². The average Bonchev–Trinajstić information content (AvgIpc) is 2.61. The molecule has 2 aliphatic rings. The predicted molar refractivity (Wildman–Crippen MR) is 57.8 cm³/mol. The Hall–Kier alpha value is -0.430. The molecule has 1 aliphatic carbocycles. The van der Waals surface area contributed by atoms with E-state index in [2.05, 4.69) is 5.32 Å². The number of hydrogen-bond acceptors (Lipinski definition) is 3. The number of carboxylic acid groups (broad SMARTS) is 1. The van der Waals surface area contributed by atoms with E-state index >= 15 is 0 Å². The molecule has 0 aromatic carbocycles. The van der Waals surface area contributed by atoms with Crippen molar-refractivity contribution in [3.05, 3.63) is 0 Å². The Morgan fingerprint density at radius 2 is 2.18 bits per heavy atom.